The van der Waals surface area contributed by atoms with E-state index in [9.17, 15) is 8.78 Å². The Hall–Kier alpha value is -0.430. The molecule has 0 radical (unpaired) electrons. The molecular formula is C8H8F2INO. The fraction of sp³-hybridized carbons (Fsp3) is 0.250. The van der Waals surface area contributed by atoms with Gasteiger partial charge in [-0.25, -0.2) is 8.78 Å². The van der Waals surface area contributed by atoms with Crippen molar-refractivity contribution in [2.45, 2.75) is 6.54 Å². The van der Waals surface area contributed by atoms with Gasteiger partial charge >= 0.3 is 0 Å². The van der Waals surface area contributed by atoms with Crippen LogP contribution < -0.4 is 8.27 Å². The van der Waals surface area contributed by atoms with Gasteiger partial charge in [0.1, 0.15) is 17.4 Å². The van der Waals surface area contributed by atoms with E-state index in [0.29, 0.717) is 0 Å². The molecule has 2 nitrogen and oxygen atoms in total. The minimum Gasteiger partial charge on any atom is -0.497 e. The second-order valence-electron chi connectivity index (χ2n) is 2.38. The maximum atomic E-state index is 13.1. The number of ether oxygens (including phenoxy) is 1. The zero-order valence-corrected chi connectivity index (χ0v) is 9.06. The lowest BCUT2D eigenvalue weighted by atomic mass is 10.2. The smallest absolute Gasteiger partial charge is 0.134 e. The van der Waals surface area contributed by atoms with Gasteiger partial charge in [-0.2, -0.15) is 0 Å². The first-order valence-electron chi connectivity index (χ1n) is 3.54. The minimum atomic E-state index is -0.596. The maximum absolute atomic E-state index is 13.1. The third kappa shape index (κ3) is 2.50. The first kappa shape index (κ1) is 10.6. The monoisotopic (exact) mass is 299 g/mol. The molecule has 1 rings (SSSR count). The van der Waals surface area contributed by atoms with E-state index in [1.54, 1.807) is 0 Å². The van der Waals surface area contributed by atoms with Gasteiger partial charge in [0.2, 0.25) is 0 Å². The van der Waals surface area contributed by atoms with Gasteiger partial charge < -0.3 is 4.74 Å². The van der Waals surface area contributed by atoms with Crippen LogP contribution in [0.3, 0.4) is 0 Å². The Morgan fingerprint density at radius 2 is 1.92 bits per heavy atom. The number of halogens is 3. The first-order chi connectivity index (χ1) is 6.19. The van der Waals surface area contributed by atoms with E-state index in [4.69, 9.17) is 4.74 Å². The molecule has 1 aromatic carbocycles. The van der Waals surface area contributed by atoms with Crippen LogP contribution >= 0.6 is 22.9 Å². The summed E-state index contributed by atoms with van der Waals surface area (Å²) in [5, 5.41) is 0. The Bertz CT molecular complexity index is 283. The Labute approximate surface area is 88.8 Å². The normalized spacial score (nSPS) is 10.2. The van der Waals surface area contributed by atoms with Crippen LogP contribution in [0.5, 0.6) is 5.75 Å². The molecule has 0 fully saturated rings. The highest BCUT2D eigenvalue weighted by atomic mass is 127. The molecule has 0 atom stereocenters. The van der Waals surface area contributed by atoms with Gasteiger partial charge in [-0.3, -0.25) is 3.53 Å². The number of rotatable bonds is 3. The SMILES string of the molecule is COc1cc(F)c(CNI)c(F)c1. The van der Waals surface area contributed by atoms with Crippen molar-refractivity contribution in [2.75, 3.05) is 7.11 Å². The highest BCUT2D eigenvalue weighted by Gasteiger charge is 2.10. The third-order valence-electron chi connectivity index (χ3n) is 1.59. The molecular weight excluding hydrogens is 291 g/mol. The summed E-state index contributed by atoms with van der Waals surface area (Å²) in [6.45, 7) is 0.155. The predicted molar refractivity (Wildman–Crippen MR) is 53.8 cm³/mol. The number of benzene rings is 1. The van der Waals surface area contributed by atoms with Crippen LogP contribution in [0.2, 0.25) is 0 Å². The number of nitrogens with one attached hydrogen (secondary N) is 1. The van der Waals surface area contributed by atoms with E-state index in [0.717, 1.165) is 12.1 Å². The van der Waals surface area contributed by atoms with Crippen molar-refractivity contribution in [3.8, 4) is 5.75 Å². The van der Waals surface area contributed by atoms with Crippen molar-refractivity contribution in [3.63, 3.8) is 0 Å². The van der Waals surface area contributed by atoms with E-state index in [1.807, 2.05) is 22.9 Å². The van der Waals surface area contributed by atoms with Crippen molar-refractivity contribution in [2.24, 2.45) is 0 Å². The summed E-state index contributed by atoms with van der Waals surface area (Å²) < 4.78 is 33.6. The zero-order valence-electron chi connectivity index (χ0n) is 6.90. The fourth-order valence-corrected chi connectivity index (χ4v) is 1.31. The zero-order chi connectivity index (χ0) is 9.84. The maximum Gasteiger partial charge on any atom is 0.134 e. The lowest BCUT2D eigenvalue weighted by Gasteiger charge is -2.05. The molecule has 0 saturated carbocycles. The molecule has 0 spiro atoms. The first-order valence-corrected chi connectivity index (χ1v) is 4.62. The van der Waals surface area contributed by atoms with Gasteiger partial charge in [-0.1, -0.05) is 0 Å². The number of hydrogen-bond acceptors (Lipinski definition) is 2. The standard InChI is InChI=1S/C8H8F2INO/c1-13-5-2-7(9)6(4-12-11)8(10)3-5/h2-3,12H,4H2,1H3. The Balaban J connectivity index is 3.07. The molecule has 0 aliphatic rings. The van der Waals surface area contributed by atoms with Crippen molar-refractivity contribution in [1.82, 2.24) is 3.53 Å². The number of hydrogen-bond donors (Lipinski definition) is 1. The Morgan fingerprint density at radius 1 is 1.38 bits per heavy atom. The molecule has 5 heteroatoms. The molecule has 1 N–H and O–H groups in total. The van der Waals surface area contributed by atoms with Gasteiger partial charge in [-0.15, -0.1) is 0 Å². The summed E-state index contributed by atoms with van der Waals surface area (Å²) in [6.07, 6.45) is 0. The van der Waals surface area contributed by atoms with Crippen LogP contribution in [0.25, 0.3) is 0 Å². The third-order valence-corrected chi connectivity index (χ3v) is 1.98. The molecule has 0 amide bonds. The number of methoxy groups -OCH3 is 1. The molecule has 0 aliphatic carbocycles. The van der Waals surface area contributed by atoms with Crippen LogP contribution in [-0.2, 0) is 6.54 Å². The van der Waals surface area contributed by atoms with Gasteiger partial charge in [0.15, 0.2) is 0 Å². The highest BCUT2D eigenvalue weighted by molar-refractivity contribution is 14.1. The molecule has 0 aromatic heterocycles. The average molecular weight is 299 g/mol. The van der Waals surface area contributed by atoms with Crippen molar-refractivity contribution in [3.05, 3.63) is 29.3 Å². The summed E-state index contributed by atoms with van der Waals surface area (Å²) in [5.41, 5.74) is 0.0233. The molecule has 72 valence electrons. The van der Waals surface area contributed by atoms with Gasteiger partial charge in [0, 0.05) is 47.1 Å². The van der Waals surface area contributed by atoms with E-state index >= 15 is 0 Å². The molecule has 0 unspecified atom stereocenters. The summed E-state index contributed by atoms with van der Waals surface area (Å²) in [6, 6.07) is 2.32. The predicted octanol–water partition coefficient (Wildman–Crippen LogP) is 2.41. The molecule has 1 aromatic rings. The molecule has 0 heterocycles. The van der Waals surface area contributed by atoms with Crippen LogP contribution in [0.15, 0.2) is 12.1 Å². The quantitative estimate of drug-likeness (QED) is 0.683. The average Bonchev–Trinajstić information content (AvgIpc) is 2.11. The molecule has 13 heavy (non-hydrogen) atoms. The lowest BCUT2D eigenvalue weighted by Crippen LogP contribution is -2.04. The topological polar surface area (TPSA) is 21.3 Å². The van der Waals surface area contributed by atoms with E-state index in [1.165, 1.54) is 7.11 Å². The van der Waals surface area contributed by atoms with E-state index < -0.39 is 11.6 Å². The van der Waals surface area contributed by atoms with Gasteiger partial charge in [0.25, 0.3) is 0 Å². The summed E-state index contributed by atoms with van der Waals surface area (Å²) in [7, 11) is 1.37. The second kappa shape index (κ2) is 4.71. The van der Waals surface area contributed by atoms with Crippen LogP contribution in [0.4, 0.5) is 8.78 Å². The molecule has 0 saturated heterocycles. The van der Waals surface area contributed by atoms with Crippen molar-refractivity contribution >= 4 is 22.9 Å². The van der Waals surface area contributed by atoms with Crippen molar-refractivity contribution < 1.29 is 13.5 Å². The summed E-state index contributed by atoms with van der Waals surface area (Å²) >= 11 is 1.83. The van der Waals surface area contributed by atoms with Gasteiger partial charge in [-0.05, 0) is 0 Å². The lowest BCUT2D eigenvalue weighted by molar-refractivity contribution is 0.405. The molecule has 0 aliphatic heterocycles. The van der Waals surface area contributed by atoms with Gasteiger partial charge in [0.05, 0.1) is 7.11 Å². The highest BCUT2D eigenvalue weighted by Crippen LogP contribution is 2.20. The summed E-state index contributed by atoms with van der Waals surface area (Å²) in [4.78, 5) is 0. The second-order valence-corrected chi connectivity index (χ2v) is 3.14. The summed E-state index contributed by atoms with van der Waals surface area (Å²) in [5.74, 6) is -1.01. The molecule has 0 bridgehead atoms. The van der Waals surface area contributed by atoms with Crippen LogP contribution in [0.1, 0.15) is 5.56 Å². The van der Waals surface area contributed by atoms with Crippen molar-refractivity contribution in [1.29, 1.82) is 0 Å². The Kier molecular flexibility index (Phi) is 3.86. The van der Waals surface area contributed by atoms with E-state index in [-0.39, 0.29) is 17.9 Å². The largest absolute Gasteiger partial charge is 0.497 e. The fourth-order valence-electron chi connectivity index (χ4n) is 0.933. The van der Waals surface area contributed by atoms with Crippen LogP contribution in [-0.4, -0.2) is 7.11 Å². The van der Waals surface area contributed by atoms with E-state index in [2.05, 4.69) is 3.53 Å². The van der Waals surface area contributed by atoms with Crippen LogP contribution in [0, 0.1) is 11.6 Å². The minimum absolute atomic E-state index is 0.0233. The Morgan fingerprint density at radius 3 is 2.31 bits per heavy atom.